The lowest BCUT2D eigenvalue weighted by Gasteiger charge is -2.21. The van der Waals surface area contributed by atoms with Crippen molar-refractivity contribution in [3.63, 3.8) is 0 Å². The van der Waals surface area contributed by atoms with Gasteiger partial charge in [-0.05, 0) is 37.5 Å². The van der Waals surface area contributed by atoms with Crippen molar-refractivity contribution < 1.29 is 4.79 Å². The number of aromatic nitrogens is 4. The smallest absolute Gasteiger partial charge is 0.267 e. The minimum atomic E-state index is -0.219. The van der Waals surface area contributed by atoms with Crippen LogP contribution in [-0.4, -0.2) is 46.6 Å². The fraction of sp³-hybridized carbons (Fsp3) is 0.348. The third-order valence-electron chi connectivity index (χ3n) is 6.00. The maximum atomic E-state index is 13.3. The third-order valence-corrected chi connectivity index (χ3v) is 7.33. The van der Waals surface area contributed by atoms with Crippen LogP contribution in [0.2, 0.25) is 0 Å². The summed E-state index contributed by atoms with van der Waals surface area (Å²) in [6.45, 7) is 1.42. The van der Waals surface area contributed by atoms with Crippen molar-refractivity contribution >= 4 is 51.7 Å². The van der Waals surface area contributed by atoms with Gasteiger partial charge in [-0.1, -0.05) is 42.9 Å². The Hall–Kier alpha value is -2.98. The minimum absolute atomic E-state index is 0.111. The van der Waals surface area contributed by atoms with Gasteiger partial charge in [0.2, 0.25) is 0 Å². The van der Waals surface area contributed by atoms with Gasteiger partial charge in [0.15, 0.2) is 0 Å². The van der Waals surface area contributed by atoms with Gasteiger partial charge in [-0.3, -0.25) is 18.9 Å². The first kappa shape index (κ1) is 21.8. The summed E-state index contributed by atoms with van der Waals surface area (Å²) >= 11 is 6.79. The number of nitrogens with zero attached hydrogens (tertiary/aromatic N) is 5. The van der Waals surface area contributed by atoms with E-state index in [2.05, 4.69) is 15.3 Å². The summed E-state index contributed by atoms with van der Waals surface area (Å²) in [4.78, 5) is 37.5. The molecule has 2 fully saturated rings. The van der Waals surface area contributed by atoms with E-state index in [9.17, 15) is 9.59 Å². The molecule has 0 atom stereocenters. The summed E-state index contributed by atoms with van der Waals surface area (Å²) < 4.78 is 4.07. The van der Waals surface area contributed by atoms with Crippen LogP contribution in [0.4, 0.5) is 5.82 Å². The van der Waals surface area contributed by atoms with Crippen molar-refractivity contribution in [1.29, 1.82) is 0 Å². The number of thiocarbonyl (C=S) groups is 1. The standard InChI is InChI=1S/C23H24N6O2S2/c30-21-17(14-18-22(31)29(23(32)33-18)16-6-1-2-7-16)20(26-19-8-3-4-12-28(19)21)25-9-5-11-27-13-10-24-15-27/h3-4,8,10,12-16,25H,1-2,5-7,9,11H2. The molecule has 3 aromatic heterocycles. The normalized spacial score (nSPS) is 18.2. The Morgan fingerprint density at radius 1 is 1.21 bits per heavy atom. The number of carbonyl (C=O) groups excluding carboxylic acids is 1. The van der Waals surface area contributed by atoms with E-state index in [-0.39, 0.29) is 17.5 Å². The van der Waals surface area contributed by atoms with Gasteiger partial charge in [0.1, 0.15) is 15.8 Å². The predicted octanol–water partition coefficient (Wildman–Crippen LogP) is 3.54. The topological polar surface area (TPSA) is 84.5 Å². The van der Waals surface area contributed by atoms with Crippen molar-refractivity contribution in [2.75, 3.05) is 11.9 Å². The molecule has 1 saturated carbocycles. The van der Waals surface area contributed by atoms with Crippen LogP contribution < -0.4 is 10.9 Å². The monoisotopic (exact) mass is 480 g/mol. The van der Waals surface area contributed by atoms with Crippen LogP contribution in [-0.2, 0) is 11.3 Å². The van der Waals surface area contributed by atoms with Crippen molar-refractivity contribution in [3.05, 3.63) is 63.9 Å². The van der Waals surface area contributed by atoms with Gasteiger partial charge < -0.3 is 9.88 Å². The van der Waals surface area contributed by atoms with Crippen LogP contribution in [0.25, 0.3) is 11.7 Å². The first-order chi connectivity index (χ1) is 16.1. The fourth-order valence-corrected chi connectivity index (χ4v) is 5.73. The number of hydrogen-bond donors (Lipinski definition) is 1. The molecule has 10 heteroatoms. The maximum absolute atomic E-state index is 13.3. The van der Waals surface area contributed by atoms with Gasteiger partial charge >= 0.3 is 0 Å². The van der Waals surface area contributed by atoms with E-state index in [1.807, 2.05) is 16.8 Å². The second-order valence-electron chi connectivity index (χ2n) is 8.18. The quantitative estimate of drug-likeness (QED) is 0.315. The van der Waals surface area contributed by atoms with Crippen molar-refractivity contribution in [2.24, 2.45) is 0 Å². The van der Waals surface area contributed by atoms with E-state index in [0.29, 0.717) is 32.8 Å². The third kappa shape index (κ3) is 4.45. The number of amides is 1. The summed E-state index contributed by atoms with van der Waals surface area (Å²) in [5.74, 6) is 0.364. The fourth-order valence-electron chi connectivity index (χ4n) is 4.34. The second-order valence-corrected chi connectivity index (χ2v) is 9.85. The number of anilines is 1. The molecule has 1 amide bonds. The highest BCUT2D eigenvalue weighted by molar-refractivity contribution is 8.26. The average Bonchev–Trinajstić information content (AvgIpc) is 3.57. The number of thioether (sulfide) groups is 1. The Morgan fingerprint density at radius 2 is 2.06 bits per heavy atom. The predicted molar refractivity (Wildman–Crippen MR) is 134 cm³/mol. The zero-order valence-corrected chi connectivity index (χ0v) is 19.6. The molecule has 8 nitrogen and oxygen atoms in total. The summed E-state index contributed by atoms with van der Waals surface area (Å²) in [7, 11) is 0. The second kappa shape index (κ2) is 9.48. The highest BCUT2D eigenvalue weighted by Gasteiger charge is 2.38. The van der Waals surface area contributed by atoms with E-state index >= 15 is 0 Å². The number of pyridine rings is 1. The number of fused-ring (bicyclic) bond motifs is 1. The zero-order valence-electron chi connectivity index (χ0n) is 18.0. The lowest BCUT2D eigenvalue weighted by molar-refractivity contribution is -0.123. The van der Waals surface area contributed by atoms with Crippen molar-refractivity contribution in [1.82, 2.24) is 23.8 Å². The Bertz CT molecular complexity index is 1280. The van der Waals surface area contributed by atoms with E-state index in [4.69, 9.17) is 12.2 Å². The Morgan fingerprint density at radius 3 is 2.85 bits per heavy atom. The number of imidazole rings is 1. The van der Waals surface area contributed by atoms with Crippen LogP contribution in [0, 0.1) is 0 Å². The molecule has 0 bridgehead atoms. The molecule has 1 N–H and O–H groups in total. The van der Waals surface area contributed by atoms with E-state index in [0.717, 1.165) is 38.6 Å². The Balaban J connectivity index is 1.45. The minimum Gasteiger partial charge on any atom is -0.369 e. The first-order valence-corrected chi connectivity index (χ1v) is 12.3. The van der Waals surface area contributed by atoms with Crippen LogP contribution in [0.15, 0.2) is 52.8 Å². The molecular weight excluding hydrogens is 456 g/mol. The Labute approximate surface area is 200 Å². The SMILES string of the molecule is O=C1C(=Cc2c(NCCCn3ccnc3)nc3ccccn3c2=O)SC(=S)N1C1CCCC1. The molecule has 0 radical (unpaired) electrons. The van der Waals surface area contributed by atoms with Gasteiger partial charge in [-0.25, -0.2) is 9.97 Å². The molecule has 1 saturated heterocycles. The molecule has 4 heterocycles. The van der Waals surface area contributed by atoms with Crippen LogP contribution in [0.5, 0.6) is 0 Å². The molecule has 1 aliphatic heterocycles. The summed E-state index contributed by atoms with van der Waals surface area (Å²) in [6.07, 6.45) is 13.8. The first-order valence-electron chi connectivity index (χ1n) is 11.1. The number of nitrogens with one attached hydrogen (secondary N) is 1. The summed E-state index contributed by atoms with van der Waals surface area (Å²) in [5.41, 5.74) is 0.701. The van der Waals surface area contributed by atoms with Crippen molar-refractivity contribution in [2.45, 2.75) is 44.7 Å². The molecule has 170 valence electrons. The van der Waals surface area contributed by atoms with Gasteiger partial charge in [-0.15, -0.1) is 0 Å². The molecule has 0 spiro atoms. The van der Waals surface area contributed by atoms with Crippen molar-refractivity contribution in [3.8, 4) is 0 Å². The van der Waals surface area contributed by atoms with Crippen LogP contribution >= 0.6 is 24.0 Å². The van der Waals surface area contributed by atoms with Gasteiger partial charge in [0.05, 0.1) is 16.8 Å². The number of rotatable bonds is 7. The number of aryl methyl sites for hydroxylation is 1. The van der Waals surface area contributed by atoms with Gasteiger partial charge in [-0.2, -0.15) is 0 Å². The van der Waals surface area contributed by atoms with Crippen LogP contribution in [0.1, 0.15) is 37.7 Å². The number of hydrogen-bond acceptors (Lipinski definition) is 7. The molecule has 33 heavy (non-hydrogen) atoms. The summed E-state index contributed by atoms with van der Waals surface area (Å²) in [5, 5.41) is 3.31. The maximum Gasteiger partial charge on any atom is 0.267 e. The molecule has 3 aromatic rings. The summed E-state index contributed by atoms with van der Waals surface area (Å²) in [6, 6.07) is 5.59. The molecule has 5 rings (SSSR count). The molecule has 0 unspecified atom stereocenters. The van der Waals surface area contributed by atoms with E-state index in [1.165, 1.54) is 16.2 Å². The van der Waals surface area contributed by atoms with Gasteiger partial charge in [0.25, 0.3) is 11.5 Å². The zero-order chi connectivity index (χ0) is 22.8. The average molecular weight is 481 g/mol. The molecule has 2 aliphatic rings. The highest BCUT2D eigenvalue weighted by atomic mass is 32.2. The molecule has 0 aromatic carbocycles. The Kier molecular flexibility index (Phi) is 6.28. The van der Waals surface area contributed by atoms with E-state index < -0.39 is 0 Å². The van der Waals surface area contributed by atoms with E-state index in [1.54, 1.807) is 41.8 Å². The molecule has 1 aliphatic carbocycles. The lowest BCUT2D eigenvalue weighted by Crippen LogP contribution is -2.36. The van der Waals surface area contributed by atoms with Gasteiger partial charge in [0, 0.05) is 37.7 Å². The molecular formula is C23H24N6O2S2. The largest absolute Gasteiger partial charge is 0.369 e. The van der Waals surface area contributed by atoms with Crippen LogP contribution in [0.3, 0.4) is 0 Å². The number of carbonyl (C=O) groups is 1. The highest BCUT2D eigenvalue weighted by Crippen LogP contribution is 2.38. The lowest BCUT2D eigenvalue weighted by atomic mass is 10.2.